The van der Waals surface area contributed by atoms with E-state index >= 15 is 0 Å². The van der Waals surface area contributed by atoms with Crippen LogP contribution in [0.3, 0.4) is 0 Å². The third-order valence-corrected chi connectivity index (χ3v) is 4.42. The maximum absolute atomic E-state index is 12.6. The number of nitrogen functional groups attached to an aromatic ring is 1. The standard InChI is InChI=1S/C13H12F3N3OS/c14-13(15,16)6-19(7-3-4-7)12(20)11-9(17)10-8(21-11)2-1-5-18-10/h1-2,5,7H,3-4,6,17H2. The Labute approximate surface area is 122 Å². The fourth-order valence-corrected chi connectivity index (χ4v) is 3.22. The maximum atomic E-state index is 12.6. The van der Waals surface area contributed by atoms with Crippen LogP contribution in [-0.4, -0.2) is 34.6 Å². The first kappa shape index (κ1) is 14.1. The minimum atomic E-state index is -4.41. The lowest BCUT2D eigenvalue weighted by atomic mass is 10.3. The number of hydrogen-bond acceptors (Lipinski definition) is 4. The van der Waals surface area contributed by atoms with Gasteiger partial charge in [0.25, 0.3) is 5.91 Å². The van der Waals surface area contributed by atoms with Crippen molar-refractivity contribution in [2.75, 3.05) is 12.3 Å². The maximum Gasteiger partial charge on any atom is 0.406 e. The summed E-state index contributed by atoms with van der Waals surface area (Å²) in [6.07, 6.45) is -1.67. The normalized spacial score (nSPS) is 15.4. The van der Waals surface area contributed by atoms with Crippen molar-refractivity contribution in [3.8, 4) is 0 Å². The summed E-state index contributed by atoms with van der Waals surface area (Å²) in [7, 11) is 0. The molecule has 112 valence electrons. The number of carbonyl (C=O) groups excluding carboxylic acids is 1. The summed E-state index contributed by atoms with van der Waals surface area (Å²) in [5, 5.41) is 0. The topological polar surface area (TPSA) is 59.2 Å². The van der Waals surface area contributed by atoms with Gasteiger partial charge in [0.15, 0.2) is 0 Å². The van der Waals surface area contributed by atoms with E-state index in [1.165, 1.54) is 6.20 Å². The Bertz CT molecular complexity index is 694. The van der Waals surface area contributed by atoms with Crippen LogP contribution in [0.15, 0.2) is 18.3 Å². The minimum Gasteiger partial charge on any atom is -0.396 e. The second-order valence-electron chi connectivity index (χ2n) is 4.97. The molecule has 0 aromatic carbocycles. The molecule has 2 N–H and O–H groups in total. The molecule has 1 aliphatic carbocycles. The molecule has 1 fully saturated rings. The number of fused-ring (bicyclic) bond motifs is 1. The van der Waals surface area contributed by atoms with Gasteiger partial charge in [-0.1, -0.05) is 0 Å². The number of aromatic nitrogens is 1. The predicted octanol–water partition coefficient (Wildman–Crippen LogP) is 3.05. The largest absolute Gasteiger partial charge is 0.406 e. The van der Waals surface area contributed by atoms with Gasteiger partial charge in [0.05, 0.1) is 10.4 Å². The SMILES string of the molecule is Nc1c(C(=O)N(CC(F)(F)F)C2CC2)sc2cccnc12. The number of anilines is 1. The molecule has 1 saturated carbocycles. The highest BCUT2D eigenvalue weighted by Crippen LogP contribution is 2.37. The second-order valence-corrected chi connectivity index (χ2v) is 6.03. The van der Waals surface area contributed by atoms with Gasteiger partial charge < -0.3 is 10.6 Å². The number of thiophene rings is 1. The van der Waals surface area contributed by atoms with Gasteiger partial charge in [-0.25, -0.2) is 0 Å². The van der Waals surface area contributed by atoms with Crippen LogP contribution in [0.5, 0.6) is 0 Å². The van der Waals surface area contributed by atoms with Gasteiger partial charge in [-0.05, 0) is 25.0 Å². The zero-order valence-electron chi connectivity index (χ0n) is 10.9. The van der Waals surface area contributed by atoms with Gasteiger partial charge >= 0.3 is 6.18 Å². The molecule has 1 amide bonds. The molecule has 0 radical (unpaired) electrons. The van der Waals surface area contributed by atoms with Gasteiger partial charge in [0.1, 0.15) is 16.9 Å². The van der Waals surface area contributed by atoms with Crippen LogP contribution in [0.4, 0.5) is 18.9 Å². The molecule has 21 heavy (non-hydrogen) atoms. The monoisotopic (exact) mass is 315 g/mol. The first-order chi connectivity index (χ1) is 9.87. The average molecular weight is 315 g/mol. The van der Waals surface area contributed by atoms with Crippen LogP contribution < -0.4 is 5.73 Å². The van der Waals surface area contributed by atoms with E-state index in [9.17, 15) is 18.0 Å². The summed E-state index contributed by atoms with van der Waals surface area (Å²) in [5.74, 6) is -0.657. The van der Waals surface area contributed by atoms with Crippen molar-refractivity contribution < 1.29 is 18.0 Å². The summed E-state index contributed by atoms with van der Waals surface area (Å²) in [6, 6.07) is 3.10. The van der Waals surface area contributed by atoms with Gasteiger partial charge in [0, 0.05) is 12.2 Å². The molecule has 2 heterocycles. The smallest absolute Gasteiger partial charge is 0.396 e. The Morgan fingerprint density at radius 3 is 2.76 bits per heavy atom. The van der Waals surface area contributed by atoms with Crippen molar-refractivity contribution in [1.29, 1.82) is 0 Å². The highest BCUT2D eigenvalue weighted by Gasteiger charge is 2.41. The van der Waals surface area contributed by atoms with E-state index in [4.69, 9.17) is 5.73 Å². The average Bonchev–Trinajstić information content (AvgIpc) is 3.20. The summed E-state index contributed by atoms with van der Waals surface area (Å²) < 4.78 is 38.6. The third-order valence-electron chi connectivity index (χ3n) is 3.27. The van der Waals surface area contributed by atoms with Crippen LogP contribution >= 0.6 is 11.3 Å². The van der Waals surface area contributed by atoms with Crippen molar-refractivity contribution in [2.24, 2.45) is 0 Å². The molecule has 1 aliphatic rings. The van der Waals surface area contributed by atoms with Crippen molar-refractivity contribution in [2.45, 2.75) is 25.1 Å². The fraction of sp³-hybridized carbons (Fsp3) is 0.385. The summed E-state index contributed by atoms with van der Waals surface area (Å²) in [6.45, 7) is -1.24. The number of rotatable bonds is 3. The van der Waals surface area contributed by atoms with Crippen molar-refractivity contribution in [1.82, 2.24) is 9.88 Å². The lowest BCUT2D eigenvalue weighted by Crippen LogP contribution is -2.40. The van der Waals surface area contributed by atoms with Crippen LogP contribution in [0.25, 0.3) is 10.2 Å². The number of alkyl halides is 3. The number of nitrogens with zero attached hydrogens (tertiary/aromatic N) is 2. The molecule has 0 aliphatic heterocycles. The lowest BCUT2D eigenvalue weighted by molar-refractivity contribution is -0.141. The summed E-state index contributed by atoms with van der Waals surface area (Å²) in [4.78, 5) is 17.5. The van der Waals surface area contributed by atoms with E-state index in [1.54, 1.807) is 12.1 Å². The number of hydrogen-bond donors (Lipinski definition) is 1. The number of nitrogens with two attached hydrogens (primary N) is 1. The van der Waals surface area contributed by atoms with Gasteiger partial charge in [-0.15, -0.1) is 11.3 Å². The van der Waals surface area contributed by atoms with E-state index in [0.29, 0.717) is 23.1 Å². The van der Waals surface area contributed by atoms with E-state index < -0.39 is 18.6 Å². The molecular formula is C13H12F3N3OS. The number of pyridine rings is 1. The predicted molar refractivity (Wildman–Crippen MR) is 74.1 cm³/mol. The lowest BCUT2D eigenvalue weighted by Gasteiger charge is -2.23. The zero-order valence-corrected chi connectivity index (χ0v) is 11.7. The number of amides is 1. The molecule has 0 saturated heterocycles. The van der Waals surface area contributed by atoms with Crippen molar-refractivity contribution in [3.05, 3.63) is 23.2 Å². The molecule has 0 unspecified atom stereocenters. The highest BCUT2D eigenvalue weighted by molar-refractivity contribution is 7.21. The van der Waals surface area contributed by atoms with Crippen LogP contribution in [0, 0.1) is 0 Å². The Morgan fingerprint density at radius 1 is 1.48 bits per heavy atom. The Morgan fingerprint density at radius 2 is 2.19 bits per heavy atom. The first-order valence-corrected chi connectivity index (χ1v) is 7.19. The van der Waals surface area contributed by atoms with Crippen LogP contribution in [-0.2, 0) is 0 Å². The summed E-state index contributed by atoms with van der Waals surface area (Å²) in [5.41, 5.74) is 6.51. The second kappa shape index (κ2) is 4.87. The number of carbonyl (C=O) groups is 1. The van der Waals surface area contributed by atoms with Crippen LogP contribution in [0.2, 0.25) is 0 Å². The molecule has 8 heteroatoms. The van der Waals surface area contributed by atoms with Gasteiger partial charge in [-0.3, -0.25) is 9.78 Å². The Balaban J connectivity index is 1.96. The van der Waals surface area contributed by atoms with E-state index in [2.05, 4.69) is 4.98 Å². The molecule has 4 nitrogen and oxygen atoms in total. The Kier molecular flexibility index (Phi) is 3.27. The van der Waals surface area contributed by atoms with Gasteiger partial charge in [-0.2, -0.15) is 13.2 Å². The molecular weight excluding hydrogens is 303 g/mol. The fourth-order valence-electron chi connectivity index (χ4n) is 2.18. The van der Waals surface area contributed by atoms with Gasteiger partial charge in [0.2, 0.25) is 0 Å². The molecule has 2 aromatic heterocycles. The van der Waals surface area contributed by atoms with Crippen LogP contribution in [0.1, 0.15) is 22.5 Å². The third kappa shape index (κ3) is 2.80. The zero-order chi connectivity index (χ0) is 15.2. The van der Waals surface area contributed by atoms with E-state index in [1.807, 2.05) is 0 Å². The molecule has 0 atom stereocenters. The minimum absolute atomic E-state index is 0.139. The first-order valence-electron chi connectivity index (χ1n) is 6.37. The quantitative estimate of drug-likeness (QED) is 0.947. The molecule has 3 rings (SSSR count). The molecule has 2 aromatic rings. The van der Waals surface area contributed by atoms with Crippen molar-refractivity contribution in [3.63, 3.8) is 0 Å². The molecule has 0 bridgehead atoms. The van der Waals surface area contributed by atoms with Crippen molar-refractivity contribution >= 4 is 33.1 Å². The Hall–Kier alpha value is -1.83. The summed E-state index contributed by atoms with van der Waals surface area (Å²) >= 11 is 1.09. The highest BCUT2D eigenvalue weighted by atomic mass is 32.1. The number of halogens is 3. The van der Waals surface area contributed by atoms with E-state index in [-0.39, 0.29) is 16.6 Å². The van der Waals surface area contributed by atoms with E-state index in [0.717, 1.165) is 16.2 Å². The molecule has 0 spiro atoms.